The first-order chi connectivity index (χ1) is 13.6. The fraction of sp³-hybridized carbons (Fsp3) is 0.458. The van der Waals surface area contributed by atoms with Crippen molar-refractivity contribution in [1.82, 2.24) is 5.32 Å². The number of nitrogens with one attached hydrogen (secondary N) is 2. The Balaban J connectivity index is 1.50. The van der Waals surface area contributed by atoms with Crippen LogP contribution >= 0.6 is 0 Å². The largest absolute Gasteiger partial charge is 0.360 e. The molecule has 1 saturated heterocycles. The fourth-order valence-electron chi connectivity index (χ4n) is 4.17. The standard InChI is InChI=1S/C24H33N3O/c1-4-21(22-11-6-5-7-12-22)18-25-24(28)20(3)26-14-16-27(17-15-26)23-13-9-8-10-19(23)2/h5-13,20-21H,4,14-18H2,1-3H3,(H,25,28)/p+1/t20-,21-/m0/s1. The molecular weight excluding hydrogens is 346 g/mol. The normalized spacial score (nSPS) is 17.2. The van der Waals surface area contributed by atoms with Gasteiger partial charge in [-0.15, -0.1) is 0 Å². The quantitative estimate of drug-likeness (QED) is 0.774. The summed E-state index contributed by atoms with van der Waals surface area (Å²) in [4.78, 5) is 16.6. The van der Waals surface area contributed by atoms with Crippen LogP contribution < -0.4 is 15.1 Å². The van der Waals surface area contributed by atoms with Crippen molar-refractivity contribution in [3.8, 4) is 0 Å². The third kappa shape index (κ3) is 4.93. The first kappa shape index (κ1) is 20.4. The SMILES string of the molecule is CC[C@@H](CNC(=O)[C@H](C)[NH+]1CCN(c2ccccc2C)CC1)c1ccccc1. The van der Waals surface area contributed by atoms with E-state index in [4.69, 9.17) is 0 Å². The van der Waals surface area contributed by atoms with Crippen molar-refractivity contribution in [2.45, 2.75) is 39.2 Å². The molecule has 0 unspecified atom stereocenters. The zero-order valence-corrected chi connectivity index (χ0v) is 17.4. The van der Waals surface area contributed by atoms with E-state index in [-0.39, 0.29) is 11.9 Å². The number of amides is 1. The van der Waals surface area contributed by atoms with Gasteiger partial charge in [0, 0.05) is 18.2 Å². The number of rotatable bonds is 7. The minimum Gasteiger partial charge on any atom is -0.360 e. The van der Waals surface area contributed by atoms with E-state index in [1.165, 1.54) is 21.7 Å². The molecule has 1 aliphatic rings. The van der Waals surface area contributed by atoms with E-state index in [9.17, 15) is 4.79 Å². The molecule has 1 aliphatic heterocycles. The minimum absolute atomic E-state index is 0.00713. The average Bonchev–Trinajstić information content (AvgIpc) is 2.75. The maximum atomic E-state index is 12.8. The van der Waals surface area contributed by atoms with Gasteiger partial charge >= 0.3 is 0 Å². The van der Waals surface area contributed by atoms with Crippen molar-refractivity contribution < 1.29 is 9.69 Å². The molecule has 4 heteroatoms. The van der Waals surface area contributed by atoms with Crippen molar-refractivity contribution in [2.24, 2.45) is 0 Å². The lowest BCUT2D eigenvalue weighted by Gasteiger charge is -2.36. The van der Waals surface area contributed by atoms with Crippen molar-refractivity contribution in [3.05, 3.63) is 65.7 Å². The van der Waals surface area contributed by atoms with E-state index < -0.39 is 0 Å². The second kappa shape index (κ2) is 9.74. The summed E-state index contributed by atoms with van der Waals surface area (Å²) in [5, 5.41) is 3.21. The summed E-state index contributed by atoms with van der Waals surface area (Å²) in [5.74, 6) is 0.555. The Kier molecular flexibility index (Phi) is 7.10. The number of piperazine rings is 1. The van der Waals surface area contributed by atoms with Gasteiger partial charge in [0.25, 0.3) is 5.91 Å². The molecule has 2 aromatic rings. The summed E-state index contributed by atoms with van der Waals surface area (Å²) in [7, 11) is 0. The summed E-state index contributed by atoms with van der Waals surface area (Å²) in [6.45, 7) is 11.1. The van der Waals surface area contributed by atoms with Gasteiger partial charge in [0.15, 0.2) is 6.04 Å². The molecule has 150 valence electrons. The van der Waals surface area contributed by atoms with Crippen molar-refractivity contribution in [2.75, 3.05) is 37.6 Å². The number of carbonyl (C=O) groups is 1. The van der Waals surface area contributed by atoms with Crippen molar-refractivity contribution >= 4 is 11.6 Å². The third-order valence-corrected chi connectivity index (χ3v) is 6.15. The third-order valence-electron chi connectivity index (χ3n) is 6.15. The molecule has 1 heterocycles. The first-order valence-corrected chi connectivity index (χ1v) is 10.6. The predicted octanol–water partition coefficient (Wildman–Crippen LogP) is 2.40. The molecule has 1 amide bonds. The van der Waals surface area contributed by atoms with Gasteiger partial charge in [0.05, 0.1) is 26.2 Å². The minimum atomic E-state index is -0.00713. The van der Waals surface area contributed by atoms with Crippen LogP contribution in [0.5, 0.6) is 0 Å². The molecule has 1 fully saturated rings. The summed E-state index contributed by atoms with van der Waals surface area (Å²) in [6.07, 6.45) is 1.03. The second-order valence-electron chi connectivity index (χ2n) is 7.91. The molecule has 2 N–H and O–H groups in total. The Morgan fingerprint density at radius 1 is 1.07 bits per heavy atom. The van der Waals surface area contributed by atoms with Gasteiger partial charge in [-0.2, -0.15) is 0 Å². The molecule has 28 heavy (non-hydrogen) atoms. The highest BCUT2D eigenvalue weighted by Gasteiger charge is 2.29. The lowest BCUT2D eigenvalue weighted by molar-refractivity contribution is -0.914. The number of nitrogens with zero attached hydrogens (tertiary/aromatic N) is 1. The highest BCUT2D eigenvalue weighted by molar-refractivity contribution is 5.80. The van der Waals surface area contributed by atoms with Crippen LogP contribution in [0.2, 0.25) is 0 Å². The number of carbonyl (C=O) groups excluding carboxylic acids is 1. The molecule has 2 atom stereocenters. The van der Waals surface area contributed by atoms with Gasteiger partial charge in [-0.05, 0) is 37.5 Å². The highest BCUT2D eigenvalue weighted by Crippen LogP contribution is 2.19. The lowest BCUT2D eigenvalue weighted by atomic mass is 9.96. The molecule has 0 spiro atoms. The van der Waals surface area contributed by atoms with Crippen LogP contribution in [0.1, 0.15) is 37.3 Å². The van der Waals surface area contributed by atoms with Crippen LogP contribution in [-0.4, -0.2) is 44.7 Å². The van der Waals surface area contributed by atoms with E-state index in [1.54, 1.807) is 0 Å². The van der Waals surface area contributed by atoms with Crippen LogP contribution in [0.25, 0.3) is 0 Å². The maximum Gasteiger partial charge on any atom is 0.278 e. The fourth-order valence-corrected chi connectivity index (χ4v) is 4.17. The van der Waals surface area contributed by atoms with Crippen molar-refractivity contribution in [1.29, 1.82) is 0 Å². The van der Waals surface area contributed by atoms with Crippen LogP contribution in [0.15, 0.2) is 54.6 Å². The van der Waals surface area contributed by atoms with E-state index in [0.717, 1.165) is 32.6 Å². The number of aryl methyl sites for hydroxylation is 1. The lowest BCUT2D eigenvalue weighted by Crippen LogP contribution is -3.19. The smallest absolute Gasteiger partial charge is 0.278 e. The monoisotopic (exact) mass is 380 g/mol. The molecular formula is C24H34N3O+. The maximum absolute atomic E-state index is 12.8. The predicted molar refractivity (Wildman–Crippen MR) is 116 cm³/mol. The number of anilines is 1. The van der Waals surface area contributed by atoms with Gasteiger partial charge in [-0.25, -0.2) is 0 Å². The Morgan fingerprint density at radius 3 is 2.36 bits per heavy atom. The topological polar surface area (TPSA) is 36.8 Å². The van der Waals surface area contributed by atoms with E-state index in [1.807, 2.05) is 6.07 Å². The van der Waals surface area contributed by atoms with E-state index in [0.29, 0.717) is 12.5 Å². The van der Waals surface area contributed by atoms with Crippen LogP contribution in [-0.2, 0) is 4.79 Å². The zero-order valence-electron chi connectivity index (χ0n) is 17.4. The van der Waals surface area contributed by atoms with E-state index >= 15 is 0 Å². The molecule has 3 rings (SSSR count). The van der Waals surface area contributed by atoms with Gasteiger partial charge in [0.2, 0.25) is 0 Å². The molecule has 0 aromatic heterocycles. The molecule has 0 aliphatic carbocycles. The Bertz CT molecular complexity index is 753. The summed E-state index contributed by atoms with van der Waals surface area (Å²) in [6, 6.07) is 19.0. The summed E-state index contributed by atoms with van der Waals surface area (Å²) >= 11 is 0. The second-order valence-corrected chi connectivity index (χ2v) is 7.91. The number of benzene rings is 2. The van der Waals surface area contributed by atoms with E-state index in [2.05, 4.69) is 79.5 Å². The highest BCUT2D eigenvalue weighted by atomic mass is 16.2. The molecule has 2 aromatic carbocycles. The summed E-state index contributed by atoms with van der Waals surface area (Å²) in [5.41, 5.74) is 3.95. The number of hydrogen-bond acceptors (Lipinski definition) is 2. The van der Waals surface area contributed by atoms with Gasteiger partial charge in [-0.3, -0.25) is 4.79 Å². The molecule has 0 saturated carbocycles. The summed E-state index contributed by atoms with van der Waals surface area (Å²) < 4.78 is 0. The Labute approximate surface area is 169 Å². The van der Waals surface area contributed by atoms with Crippen LogP contribution in [0.4, 0.5) is 5.69 Å². The number of quaternary nitrogens is 1. The van der Waals surface area contributed by atoms with Gasteiger partial charge < -0.3 is 15.1 Å². The first-order valence-electron chi connectivity index (χ1n) is 10.6. The molecule has 0 bridgehead atoms. The average molecular weight is 381 g/mol. The Morgan fingerprint density at radius 2 is 1.71 bits per heavy atom. The number of para-hydroxylation sites is 1. The van der Waals surface area contributed by atoms with Crippen molar-refractivity contribution in [3.63, 3.8) is 0 Å². The molecule has 4 nitrogen and oxygen atoms in total. The zero-order chi connectivity index (χ0) is 19.9. The van der Waals surface area contributed by atoms with Gasteiger partial charge in [0.1, 0.15) is 0 Å². The van der Waals surface area contributed by atoms with Crippen LogP contribution in [0.3, 0.4) is 0 Å². The van der Waals surface area contributed by atoms with Gasteiger partial charge in [-0.1, -0.05) is 55.5 Å². The number of hydrogen-bond donors (Lipinski definition) is 2. The van der Waals surface area contributed by atoms with Crippen LogP contribution in [0, 0.1) is 6.92 Å². The molecule has 0 radical (unpaired) electrons. The Hall–Kier alpha value is -2.33.